The van der Waals surface area contributed by atoms with Gasteiger partial charge in [-0.3, -0.25) is 4.90 Å². The van der Waals surface area contributed by atoms with Crippen molar-refractivity contribution in [2.24, 2.45) is 0 Å². The maximum atomic E-state index is 5.59. The number of benzene rings is 2. The topological polar surface area (TPSA) is 99.2 Å². The molecule has 0 atom stereocenters. The maximum Gasteiger partial charge on any atom is 0.226 e. The highest BCUT2D eigenvalue weighted by molar-refractivity contribution is 5.58. The zero-order valence-electron chi connectivity index (χ0n) is 22.2. The first-order valence-electron chi connectivity index (χ1n) is 12.8. The molecule has 0 saturated carbocycles. The van der Waals surface area contributed by atoms with Crippen LogP contribution in [-0.2, 0) is 26.1 Å². The molecule has 1 aliphatic heterocycles. The number of methoxy groups -OCH3 is 3. The summed E-state index contributed by atoms with van der Waals surface area (Å²) in [7, 11) is 4.98. The summed E-state index contributed by atoms with van der Waals surface area (Å²) in [5.74, 6) is 4.02. The number of aromatic nitrogens is 4. The van der Waals surface area contributed by atoms with Gasteiger partial charge in [-0.15, -0.1) is 5.10 Å². The van der Waals surface area contributed by atoms with Crippen molar-refractivity contribution in [2.45, 2.75) is 26.1 Å². The van der Waals surface area contributed by atoms with Crippen molar-refractivity contribution in [2.75, 3.05) is 33.2 Å². The number of ether oxygens (including phenoxy) is 3. The third-order valence-corrected chi connectivity index (χ3v) is 6.99. The van der Waals surface area contributed by atoms with Crippen molar-refractivity contribution in [3.8, 4) is 28.8 Å². The van der Waals surface area contributed by atoms with Crippen LogP contribution in [0.5, 0.6) is 17.2 Å². The molecule has 0 amide bonds. The number of anilines is 1. The minimum atomic E-state index is 0.511. The Bertz CT molecular complexity index is 1600. The van der Waals surface area contributed by atoms with Gasteiger partial charge in [0.1, 0.15) is 5.75 Å². The lowest BCUT2D eigenvalue weighted by atomic mass is 9.98. The lowest BCUT2D eigenvalue weighted by Gasteiger charge is -2.29. The zero-order chi connectivity index (χ0) is 26.8. The van der Waals surface area contributed by atoms with Crippen LogP contribution < -0.4 is 19.5 Å². The fourth-order valence-electron chi connectivity index (χ4n) is 5.03. The van der Waals surface area contributed by atoms with E-state index >= 15 is 0 Å². The van der Waals surface area contributed by atoms with Gasteiger partial charge in [-0.05, 0) is 53.4 Å². The summed E-state index contributed by atoms with van der Waals surface area (Å²) in [5.41, 5.74) is 5.32. The molecule has 3 aromatic heterocycles. The number of furan rings is 1. The minimum absolute atomic E-state index is 0.511. The summed E-state index contributed by atoms with van der Waals surface area (Å²) in [6, 6.07) is 15.7. The number of hydrogen-bond donors (Lipinski definition) is 1. The van der Waals surface area contributed by atoms with Crippen molar-refractivity contribution in [1.82, 2.24) is 24.5 Å². The van der Waals surface area contributed by atoms with Crippen molar-refractivity contribution in [3.05, 3.63) is 83.2 Å². The second-order valence-electron chi connectivity index (χ2n) is 9.36. The molecule has 0 aliphatic carbocycles. The van der Waals surface area contributed by atoms with Crippen LogP contribution in [0.2, 0.25) is 0 Å². The first-order chi connectivity index (χ1) is 19.2. The van der Waals surface area contributed by atoms with Crippen molar-refractivity contribution in [1.29, 1.82) is 0 Å². The van der Waals surface area contributed by atoms with Crippen LogP contribution in [0.4, 0.5) is 5.95 Å². The Kier molecular flexibility index (Phi) is 6.76. The number of fused-ring (bicyclic) bond motifs is 2. The van der Waals surface area contributed by atoms with Crippen LogP contribution in [0, 0.1) is 0 Å². The van der Waals surface area contributed by atoms with E-state index in [9.17, 15) is 0 Å². The molecular weight excluding hydrogens is 496 g/mol. The largest absolute Gasteiger partial charge is 0.496 e. The van der Waals surface area contributed by atoms with Crippen molar-refractivity contribution >= 4 is 11.6 Å². The number of nitrogens with zero attached hydrogens (tertiary/aromatic N) is 5. The Morgan fingerprint density at radius 3 is 2.64 bits per heavy atom. The van der Waals surface area contributed by atoms with Crippen LogP contribution in [0.1, 0.15) is 22.3 Å². The molecule has 0 fully saturated rings. The van der Waals surface area contributed by atoms with Gasteiger partial charge in [0, 0.05) is 37.9 Å². The van der Waals surface area contributed by atoms with Crippen LogP contribution in [0.3, 0.4) is 0 Å². The van der Waals surface area contributed by atoms with E-state index in [1.165, 1.54) is 11.1 Å². The predicted octanol–water partition coefficient (Wildman–Crippen LogP) is 4.58. The number of nitrogens with one attached hydrogen (secondary N) is 1. The van der Waals surface area contributed by atoms with Gasteiger partial charge in [0.05, 0.1) is 27.6 Å². The Morgan fingerprint density at radius 1 is 0.974 bits per heavy atom. The van der Waals surface area contributed by atoms with E-state index < -0.39 is 0 Å². The summed E-state index contributed by atoms with van der Waals surface area (Å²) in [4.78, 5) is 12.0. The van der Waals surface area contributed by atoms with Crippen molar-refractivity contribution in [3.63, 3.8) is 0 Å². The van der Waals surface area contributed by atoms with E-state index in [0.29, 0.717) is 42.1 Å². The molecule has 6 rings (SSSR count). The van der Waals surface area contributed by atoms with E-state index in [2.05, 4.69) is 16.3 Å². The molecule has 0 saturated heterocycles. The quantitative estimate of drug-likeness (QED) is 0.296. The molecule has 0 bridgehead atoms. The molecule has 1 N–H and O–H groups in total. The Labute approximate surface area is 226 Å². The number of hydrogen-bond acceptors (Lipinski definition) is 9. The third kappa shape index (κ3) is 4.86. The second-order valence-corrected chi connectivity index (χ2v) is 9.36. The van der Waals surface area contributed by atoms with Gasteiger partial charge in [0.25, 0.3) is 0 Å². The SMILES string of the molecule is COc1ccc(CNc2ncc(CN3CCc4c(cccc4OC)C3)c3nc(-c4ccco4)nn23)cc1OC. The standard InChI is InChI=1S/C29H30N6O4/c1-36-23-7-4-6-20-17-34(12-11-22(20)23)18-21-16-31-29(30-15-19-9-10-24(37-2)26(14-19)38-3)35-28(21)32-27(33-35)25-8-5-13-39-25/h4-10,13-14,16H,11-12,15,17-18H2,1-3H3,(H,30,31). The zero-order valence-corrected chi connectivity index (χ0v) is 22.2. The summed E-state index contributed by atoms with van der Waals surface area (Å²) >= 11 is 0. The Balaban J connectivity index is 1.29. The highest BCUT2D eigenvalue weighted by atomic mass is 16.5. The molecule has 0 radical (unpaired) electrons. The van der Waals surface area contributed by atoms with Crippen molar-refractivity contribution < 1.29 is 18.6 Å². The molecule has 10 heteroatoms. The maximum absolute atomic E-state index is 5.59. The minimum Gasteiger partial charge on any atom is -0.496 e. The van der Waals surface area contributed by atoms with E-state index in [1.54, 1.807) is 32.1 Å². The van der Waals surface area contributed by atoms with Gasteiger partial charge in [-0.1, -0.05) is 18.2 Å². The highest BCUT2D eigenvalue weighted by Crippen LogP contribution is 2.30. The fraction of sp³-hybridized carbons (Fsp3) is 0.276. The lowest BCUT2D eigenvalue weighted by Crippen LogP contribution is -2.30. The number of rotatable bonds is 9. The summed E-state index contributed by atoms with van der Waals surface area (Å²) in [6.07, 6.45) is 4.43. The van der Waals surface area contributed by atoms with Gasteiger partial charge in [0.2, 0.25) is 11.8 Å². The van der Waals surface area contributed by atoms with Gasteiger partial charge in [-0.2, -0.15) is 4.52 Å². The summed E-state index contributed by atoms with van der Waals surface area (Å²) < 4.78 is 23.7. The molecule has 200 valence electrons. The molecule has 5 aromatic rings. The van der Waals surface area contributed by atoms with Crippen LogP contribution in [0.15, 0.2) is 65.4 Å². The molecule has 0 spiro atoms. The Morgan fingerprint density at radius 2 is 1.85 bits per heavy atom. The van der Waals surface area contributed by atoms with Gasteiger partial charge in [-0.25, -0.2) is 9.97 Å². The summed E-state index contributed by atoms with van der Waals surface area (Å²) in [6.45, 7) is 2.96. The van der Waals surface area contributed by atoms with E-state index in [0.717, 1.165) is 42.0 Å². The van der Waals surface area contributed by atoms with E-state index in [4.69, 9.17) is 33.7 Å². The Hall–Kier alpha value is -4.57. The third-order valence-electron chi connectivity index (χ3n) is 6.99. The van der Waals surface area contributed by atoms with Gasteiger partial charge < -0.3 is 23.9 Å². The van der Waals surface area contributed by atoms with Gasteiger partial charge >= 0.3 is 0 Å². The van der Waals surface area contributed by atoms with Crippen LogP contribution in [0.25, 0.3) is 17.2 Å². The van der Waals surface area contributed by atoms with E-state index in [-0.39, 0.29) is 0 Å². The van der Waals surface area contributed by atoms with Crippen LogP contribution in [-0.4, -0.2) is 52.4 Å². The monoisotopic (exact) mass is 526 g/mol. The average molecular weight is 527 g/mol. The molecule has 4 heterocycles. The molecule has 10 nitrogen and oxygen atoms in total. The van der Waals surface area contributed by atoms with E-state index in [1.807, 2.05) is 48.7 Å². The first-order valence-corrected chi connectivity index (χ1v) is 12.8. The molecular formula is C29H30N6O4. The van der Waals surface area contributed by atoms with Crippen LogP contribution >= 0.6 is 0 Å². The highest BCUT2D eigenvalue weighted by Gasteiger charge is 2.22. The fourth-order valence-corrected chi connectivity index (χ4v) is 5.03. The normalized spacial score (nSPS) is 13.3. The molecule has 1 aliphatic rings. The molecule has 39 heavy (non-hydrogen) atoms. The molecule has 0 unspecified atom stereocenters. The lowest BCUT2D eigenvalue weighted by molar-refractivity contribution is 0.243. The first kappa shape index (κ1) is 24.7. The summed E-state index contributed by atoms with van der Waals surface area (Å²) in [5, 5.41) is 8.15. The smallest absolute Gasteiger partial charge is 0.226 e. The predicted molar refractivity (Wildman–Crippen MR) is 146 cm³/mol. The molecule has 2 aromatic carbocycles. The van der Waals surface area contributed by atoms with Gasteiger partial charge in [0.15, 0.2) is 22.9 Å². The second kappa shape index (κ2) is 10.7. The average Bonchev–Trinajstić information content (AvgIpc) is 3.67.